The van der Waals surface area contributed by atoms with Gasteiger partial charge in [0.2, 0.25) is 0 Å². The Bertz CT molecular complexity index is 596. The van der Waals surface area contributed by atoms with Crippen LogP contribution in [0.2, 0.25) is 5.02 Å². The highest BCUT2D eigenvalue weighted by molar-refractivity contribution is 6.31. The summed E-state index contributed by atoms with van der Waals surface area (Å²) >= 11 is 6.39. The number of ether oxygens (including phenoxy) is 1. The van der Waals surface area contributed by atoms with Crippen LogP contribution in [-0.4, -0.2) is 12.6 Å². The lowest BCUT2D eigenvalue weighted by Crippen LogP contribution is -2.12. The molecule has 0 aromatic heterocycles. The summed E-state index contributed by atoms with van der Waals surface area (Å²) in [6, 6.07) is 14.2. The fourth-order valence-electron chi connectivity index (χ4n) is 2.18. The van der Waals surface area contributed by atoms with Gasteiger partial charge in [-0.3, -0.25) is 0 Å². The first-order valence-corrected chi connectivity index (χ1v) is 7.74. The van der Waals surface area contributed by atoms with E-state index in [0.717, 1.165) is 40.6 Å². The summed E-state index contributed by atoms with van der Waals surface area (Å²) in [6.45, 7) is 7.87. The number of nitrogens with one attached hydrogen (secondary N) is 1. The van der Waals surface area contributed by atoms with Crippen molar-refractivity contribution in [2.75, 3.05) is 6.54 Å². The molecular weight excluding hydrogens is 282 g/mol. The summed E-state index contributed by atoms with van der Waals surface area (Å²) < 4.78 is 5.88. The number of hydrogen-bond donors (Lipinski definition) is 1. The van der Waals surface area contributed by atoms with Gasteiger partial charge in [-0.05, 0) is 43.7 Å². The van der Waals surface area contributed by atoms with Gasteiger partial charge in [-0.2, -0.15) is 0 Å². The highest BCUT2D eigenvalue weighted by Crippen LogP contribution is 2.33. The lowest BCUT2D eigenvalue weighted by molar-refractivity contribution is 0.243. The average Bonchev–Trinajstić information content (AvgIpc) is 2.46. The molecule has 0 aliphatic carbocycles. The molecule has 0 saturated carbocycles. The van der Waals surface area contributed by atoms with Gasteiger partial charge in [0.05, 0.1) is 6.10 Å². The van der Waals surface area contributed by atoms with Gasteiger partial charge in [-0.1, -0.05) is 48.9 Å². The van der Waals surface area contributed by atoms with E-state index >= 15 is 0 Å². The van der Waals surface area contributed by atoms with E-state index in [1.807, 2.05) is 38.1 Å². The van der Waals surface area contributed by atoms with Crippen molar-refractivity contribution in [2.24, 2.45) is 0 Å². The zero-order valence-corrected chi connectivity index (χ0v) is 13.6. The fraction of sp³-hybridized carbons (Fsp3) is 0.333. The minimum Gasteiger partial charge on any atom is -0.490 e. The molecule has 112 valence electrons. The van der Waals surface area contributed by atoms with Gasteiger partial charge in [0, 0.05) is 17.1 Å². The first-order chi connectivity index (χ1) is 10.1. The van der Waals surface area contributed by atoms with Crippen molar-refractivity contribution in [3.63, 3.8) is 0 Å². The third-order valence-corrected chi connectivity index (χ3v) is 3.53. The smallest absolute Gasteiger partial charge is 0.127 e. The van der Waals surface area contributed by atoms with Crippen molar-refractivity contribution in [3.8, 4) is 16.9 Å². The summed E-state index contributed by atoms with van der Waals surface area (Å²) in [4.78, 5) is 0. The molecule has 0 amide bonds. The molecule has 0 aliphatic rings. The number of halogens is 1. The predicted octanol–water partition coefficient (Wildman–Crippen LogP) is 4.90. The zero-order valence-electron chi connectivity index (χ0n) is 12.8. The molecule has 2 aromatic rings. The Labute approximate surface area is 132 Å². The van der Waals surface area contributed by atoms with Gasteiger partial charge in [-0.25, -0.2) is 0 Å². The summed E-state index contributed by atoms with van der Waals surface area (Å²) in [5, 5.41) is 4.08. The first-order valence-electron chi connectivity index (χ1n) is 7.37. The van der Waals surface area contributed by atoms with Crippen LogP contribution in [0.3, 0.4) is 0 Å². The molecule has 3 heteroatoms. The third-order valence-electron chi connectivity index (χ3n) is 3.18. The molecule has 2 rings (SSSR count). The molecule has 21 heavy (non-hydrogen) atoms. The molecule has 0 bridgehead atoms. The monoisotopic (exact) mass is 303 g/mol. The van der Waals surface area contributed by atoms with Crippen molar-refractivity contribution >= 4 is 11.6 Å². The van der Waals surface area contributed by atoms with E-state index in [2.05, 4.69) is 30.4 Å². The van der Waals surface area contributed by atoms with E-state index < -0.39 is 0 Å². The van der Waals surface area contributed by atoms with Gasteiger partial charge in [0.15, 0.2) is 0 Å². The fourth-order valence-corrected chi connectivity index (χ4v) is 2.43. The number of hydrogen-bond acceptors (Lipinski definition) is 2. The lowest BCUT2D eigenvalue weighted by atomic mass is 10.0. The molecule has 2 nitrogen and oxygen atoms in total. The Hall–Kier alpha value is -1.51. The lowest BCUT2D eigenvalue weighted by Gasteiger charge is -2.15. The molecule has 1 N–H and O–H groups in total. The van der Waals surface area contributed by atoms with Crippen LogP contribution in [0.1, 0.15) is 26.3 Å². The van der Waals surface area contributed by atoms with E-state index in [4.69, 9.17) is 16.3 Å². The number of benzene rings is 2. The molecule has 0 radical (unpaired) electrons. The van der Waals surface area contributed by atoms with Crippen LogP contribution in [0.15, 0.2) is 42.5 Å². The number of rotatable bonds is 6. The van der Waals surface area contributed by atoms with Crippen molar-refractivity contribution in [1.29, 1.82) is 0 Å². The minimum absolute atomic E-state index is 0.148. The Balaban J connectivity index is 2.32. The van der Waals surface area contributed by atoms with Gasteiger partial charge in [0.1, 0.15) is 5.75 Å². The molecule has 0 saturated heterocycles. The molecule has 0 unspecified atom stereocenters. The molecule has 0 heterocycles. The maximum Gasteiger partial charge on any atom is 0.127 e. The maximum absolute atomic E-state index is 6.39. The normalized spacial score (nSPS) is 10.9. The van der Waals surface area contributed by atoms with Crippen LogP contribution < -0.4 is 10.1 Å². The molecule has 0 aliphatic heterocycles. The van der Waals surface area contributed by atoms with E-state index in [1.54, 1.807) is 0 Å². The Morgan fingerprint density at radius 2 is 1.90 bits per heavy atom. The quantitative estimate of drug-likeness (QED) is 0.819. The topological polar surface area (TPSA) is 21.3 Å². The Morgan fingerprint density at radius 3 is 2.57 bits per heavy atom. The SMILES string of the molecule is CCNCc1ccc(-c2ccccc2OC(C)C)cc1Cl. The third kappa shape index (κ3) is 4.23. The molecule has 2 aromatic carbocycles. The van der Waals surface area contributed by atoms with Crippen LogP contribution >= 0.6 is 11.6 Å². The van der Waals surface area contributed by atoms with Crippen LogP contribution in [0.4, 0.5) is 0 Å². The van der Waals surface area contributed by atoms with Crippen LogP contribution in [0.5, 0.6) is 5.75 Å². The Kier molecular flexibility index (Phi) is 5.66. The second-order valence-corrected chi connectivity index (χ2v) is 5.66. The highest BCUT2D eigenvalue weighted by Gasteiger charge is 2.09. The maximum atomic E-state index is 6.39. The summed E-state index contributed by atoms with van der Waals surface area (Å²) in [6.07, 6.45) is 0.148. The zero-order chi connectivity index (χ0) is 15.2. The predicted molar refractivity (Wildman–Crippen MR) is 90.0 cm³/mol. The summed E-state index contributed by atoms with van der Waals surface area (Å²) in [5.74, 6) is 0.892. The molecule has 0 spiro atoms. The second-order valence-electron chi connectivity index (χ2n) is 5.25. The van der Waals surface area contributed by atoms with E-state index in [0.29, 0.717) is 0 Å². The average molecular weight is 304 g/mol. The van der Waals surface area contributed by atoms with Crippen molar-refractivity contribution < 1.29 is 4.74 Å². The summed E-state index contributed by atoms with van der Waals surface area (Å²) in [5.41, 5.74) is 3.27. The van der Waals surface area contributed by atoms with Crippen LogP contribution in [0, 0.1) is 0 Å². The molecular formula is C18H22ClNO. The van der Waals surface area contributed by atoms with E-state index in [-0.39, 0.29) is 6.10 Å². The van der Waals surface area contributed by atoms with Crippen molar-refractivity contribution in [1.82, 2.24) is 5.32 Å². The molecule has 0 fully saturated rings. The van der Waals surface area contributed by atoms with E-state index in [1.165, 1.54) is 0 Å². The van der Waals surface area contributed by atoms with Crippen molar-refractivity contribution in [3.05, 3.63) is 53.1 Å². The number of para-hydroxylation sites is 1. The van der Waals surface area contributed by atoms with Crippen LogP contribution in [-0.2, 0) is 6.54 Å². The van der Waals surface area contributed by atoms with Gasteiger partial charge in [-0.15, -0.1) is 0 Å². The minimum atomic E-state index is 0.148. The van der Waals surface area contributed by atoms with Crippen molar-refractivity contribution in [2.45, 2.75) is 33.4 Å². The Morgan fingerprint density at radius 1 is 1.14 bits per heavy atom. The van der Waals surface area contributed by atoms with Gasteiger partial charge in [0.25, 0.3) is 0 Å². The standard InChI is InChI=1S/C18H22ClNO/c1-4-20-12-15-10-9-14(11-17(15)19)16-7-5-6-8-18(16)21-13(2)3/h5-11,13,20H,4,12H2,1-3H3. The van der Waals surface area contributed by atoms with Gasteiger partial charge >= 0.3 is 0 Å². The first kappa shape index (κ1) is 15.9. The van der Waals surface area contributed by atoms with E-state index in [9.17, 15) is 0 Å². The second kappa shape index (κ2) is 7.48. The molecule has 0 atom stereocenters. The van der Waals surface area contributed by atoms with Gasteiger partial charge < -0.3 is 10.1 Å². The highest BCUT2D eigenvalue weighted by atomic mass is 35.5. The largest absolute Gasteiger partial charge is 0.490 e. The summed E-state index contributed by atoms with van der Waals surface area (Å²) in [7, 11) is 0. The van der Waals surface area contributed by atoms with Crippen LogP contribution in [0.25, 0.3) is 11.1 Å².